The summed E-state index contributed by atoms with van der Waals surface area (Å²) in [7, 11) is 0. The number of aromatic hydroxyl groups is 1. The number of phenols is 1. The largest absolute Gasteiger partial charge is 0.508 e. The number of aromatic nitrogens is 2. The number of carboxylic acid groups (broad SMARTS) is 1. The van der Waals surface area contributed by atoms with Crippen LogP contribution >= 0.6 is 0 Å². The predicted octanol–water partition coefficient (Wildman–Crippen LogP) is 2.70. The van der Waals surface area contributed by atoms with Gasteiger partial charge in [-0.1, -0.05) is 18.2 Å². The Hall–Kier alpha value is -2.95. The molecule has 0 bridgehead atoms. The zero-order valence-corrected chi connectivity index (χ0v) is 10.3. The summed E-state index contributed by atoms with van der Waals surface area (Å²) < 4.78 is 0. The van der Waals surface area contributed by atoms with Gasteiger partial charge in [-0.25, -0.2) is 4.79 Å². The van der Waals surface area contributed by atoms with Crippen molar-refractivity contribution in [2.24, 2.45) is 0 Å². The smallest absolute Gasteiger partial charge is 0.357 e. The van der Waals surface area contributed by atoms with Crippen LogP contribution in [0.5, 0.6) is 5.75 Å². The second kappa shape index (κ2) is 4.62. The average molecular weight is 266 g/mol. The number of carboxylic acids is 1. The SMILES string of the molecule is O=C(O)c1nnccc1-c1ccc2cc(O)ccc2c1. The maximum Gasteiger partial charge on any atom is 0.357 e. The molecular formula is C15H10N2O3. The molecule has 1 aromatic heterocycles. The molecule has 3 rings (SSSR count). The molecule has 0 amide bonds. The molecule has 20 heavy (non-hydrogen) atoms. The Labute approximate surface area is 114 Å². The molecule has 0 aliphatic rings. The highest BCUT2D eigenvalue weighted by molar-refractivity contribution is 5.96. The third-order valence-corrected chi connectivity index (χ3v) is 3.06. The molecular weight excluding hydrogens is 256 g/mol. The van der Waals surface area contributed by atoms with Gasteiger partial charge >= 0.3 is 5.97 Å². The maximum absolute atomic E-state index is 11.2. The Morgan fingerprint density at radius 3 is 2.55 bits per heavy atom. The van der Waals surface area contributed by atoms with Crippen LogP contribution in [0.4, 0.5) is 0 Å². The minimum atomic E-state index is -1.11. The van der Waals surface area contributed by atoms with Crippen molar-refractivity contribution < 1.29 is 15.0 Å². The van der Waals surface area contributed by atoms with E-state index in [1.807, 2.05) is 12.1 Å². The van der Waals surface area contributed by atoms with E-state index in [2.05, 4.69) is 10.2 Å². The van der Waals surface area contributed by atoms with Gasteiger partial charge < -0.3 is 10.2 Å². The summed E-state index contributed by atoms with van der Waals surface area (Å²) in [5.41, 5.74) is 1.18. The van der Waals surface area contributed by atoms with Crippen molar-refractivity contribution in [2.75, 3.05) is 0 Å². The van der Waals surface area contributed by atoms with Crippen LogP contribution in [0.2, 0.25) is 0 Å². The molecule has 0 aliphatic heterocycles. The molecule has 0 spiro atoms. The minimum absolute atomic E-state index is 0.0781. The zero-order chi connectivity index (χ0) is 14.1. The summed E-state index contributed by atoms with van der Waals surface area (Å²) in [4.78, 5) is 11.2. The quantitative estimate of drug-likeness (QED) is 0.745. The fourth-order valence-corrected chi connectivity index (χ4v) is 2.12. The highest BCUT2D eigenvalue weighted by Gasteiger charge is 2.13. The molecule has 5 heteroatoms. The second-order valence-electron chi connectivity index (χ2n) is 4.34. The number of phenolic OH excluding ortho intramolecular Hbond substituents is 1. The number of carbonyl (C=O) groups is 1. The normalized spacial score (nSPS) is 10.6. The lowest BCUT2D eigenvalue weighted by molar-refractivity contribution is 0.0690. The van der Waals surface area contributed by atoms with E-state index in [1.165, 1.54) is 6.20 Å². The molecule has 0 saturated heterocycles. The second-order valence-corrected chi connectivity index (χ2v) is 4.34. The Kier molecular flexibility index (Phi) is 2.80. The van der Waals surface area contributed by atoms with Crippen molar-refractivity contribution in [3.8, 4) is 16.9 Å². The van der Waals surface area contributed by atoms with E-state index in [4.69, 9.17) is 5.11 Å². The van der Waals surface area contributed by atoms with Gasteiger partial charge in [-0.05, 0) is 40.6 Å². The Morgan fingerprint density at radius 1 is 1.00 bits per heavy atom. The first kappa shape index (κ1) is 12.1. The van der Waals surface area contributed by atoms with E-state index in [0.717, 1.165) is 16.3 Å². The van der Waals surface area contributed by atoms with Gasteiger partial charge in [-0.15, -0.1) is 5.10 Å². The summed E-state index contributed by atoms with van der Waals surface area (Å²) in [5, 5.41) is 27.6. The summed E-state index contributed by atoms with van der Waals surface area (Å²) in [5.74, 6) is -0.916. The number of rotatable bonds is 2. The van der Waals surface area contributed by atoms with E-state index in [1.54, 1.807) is 30.3 Å². The van der Waals surface area contributed by atoms with Gasteiger partial charge in [-0.3, -0.25) is 0 Å². The van der Waals surface area contributed by atoms with Gasteiger partial charge in [0.15, 0.2) is 5.69 Å². The number of hydrogen-bond donors (Lipinski definition) is 2. The first-order valence-electron chi connectivity index (χ1n) is 5.93. The molecule has 0 fully saturated rings. The molecule has 5 nitrogen and oxygen atoms in total. The van der Waals surface area contributed by atoms with Gasteiger partial charge in [-0.2, -0.15) is 5.10 Å². The fraction of sp³-hybridized carbons (Fsp3) is 0. The minimum Gasteiger partial charge on any atom is -0.508 e. The lowest BCUT2D eigenvalue weighted by atomic mass is 10.0. The van der Waals surface area contributed by atoms with E-state index >= 15 is 0 Å². The van der Waals surface area contributed by atoms with Crippen LogP contribution in [0.25, 0.3) is 21.9 Å². The van der Waals surface area contributed by atoms with Crippen molar-refractivity contribution in [1.82, 2.24) is 10.2 Å². The maximum atomic E-state index is 11.2. The molecule has 3 aromatic rings. The molecule has 0 atom stereocenters. The molecule has 0 radical (unpaired) electrons. The van der Waals surface area contributed by atoms with Crippen LogP contribution in [-0.2, 0) is 0 Å². The molecule has 0 unspecified atom stereocenters. The topological polar surface area (TPSA) is 83.3 Å². The molecule has 2 aromatic carbocycles. The van der Waals surface area contributed by atoms with Crippen LogP contribution in [-0.4, -0.2) is 26.4 Å². The molecule has 0 aliphatic carbocycles. The van der Waals surface area contributed by atoms with Gasteiger partial charge in [0.1, 0.15) is 5.75 Å². The third-order valence-electron chi connectivity index (χ3n) is 3.06. The van der Waals surface area contributed by atoms with Crippen molar-refractivity contribution >= 4 is 16.7 Å². The van der Waals surface area contributed by atoms with Crippen LogP contribution in [0.3, 0.4) is 0 Å². The summed E-state index contributed by atoms with van der Waals surface area (Å²) >= 11 is 0. The van der Waals surface area contributed by atoms with E-state index in [0.29, 0.717) is 5.56 Å². The van der Waals surface area contributed by atoms with Crippen LogP contribution in [0.1, 0.15) is 10.5 Å². The highest BCUT2D eigenvalue weighted by Crippen LogP contribution is 2.27. The van der Waals surface area contributed by atoms with Crippen molar-refractivity contribution in [2.45, 2.75) is 0 Å². The lowest BCUT2D eigenvalue weighted by Gasteiger charge is -2.06. The Morgan fingerprint density at radius 2 is 1.75 bits per heavy atom. The van der Waals surface area contributed by atoms with Gasteiger partial charge in [0, 0.05) is 5.56 Å². The monoisotopic (exact) mass is 266 g/mol. The number of hydrogen-bond acceptors (Lipinski definition) is 4. The summed E-state index contributed by atoms with van der Waals surface area (Å²) in [6, 6.07) is 12.1. The lowest BCUT2D eigenvalue weighted by Crippen LogP contribution is -2.04. The van der Waals surface area contributed by atoms with Gasteiger partial charge in [0.25, 0.3) is 0 Å². The molecule has 0 saturated carbocycles. The number of fused-ring (bicyclic) bond motifs is 1. The van der Waals surface area contributed by atoms with Crippen LogP contribution in [0, 0.1) is 0 Å². The highest BCUT2D eigenvalue weighted by atomic mass is 16.4. The van der Waals surface area contributed by atoms with Crippen LogP contribution in [0.15, 0.2) is 48.7 Å². The number of nitrogens with zero attached hydrogens (tertiary/aromatic N) is 2. The average Bonchev–Trinajstić information content (AvgIpc) is 2.46. The standard InChI is InChI=1S/C15H10N2O3/c18-12-4-3-9-7-11(2-1-10(9)8-12)13-5-6-16-17-14(13)15(19)20/h1-8,18H,(H,19,20). The van der Waals surface area contributed by atoms with Gasteiger partial charge in [0.2, 0.25) is 0 Å². The van der Waals surface area contributed by atoms with E-state index in [-0.39, 0.29) is 11.4 Å². The zero-order valence-electron chi connectivity index (χ0n) is 10.3. The molecule has 2 N–H and O–H groups in total. The van der Waals surface area contributed by atoms with Crippen molar-refractivity contribution in [3.05, 3.63) is 54.4 Å². The fourth-order valence-electron chi connectivity index (χ4n) is 2.12. The number of benzene rings is 2. The number of aromatic carboxylic acids is 1. The first-order chi connectivity index (χ1) is 9.65. The Balaban J connectivity index is 2.20. The van der Waals surface area contributed by atoms with Crippen molar-refractivity contribution in [3.63, 3.8) is 0 Å². The Bertz CT molecular complexity index is 815. The molecule has 1 heterocycles. The summed E-state index contributed by atoms with van der Waals surface area (Å²) in [6.07, 6.45) is 1.46. The first-order valence-corrected chi connectivity index (χ1v) is 5.93. The van der Waals surface area contributed by atoms with E-state index in [9.17, 15) is 9.90 Å². The van der Waals surface area contributed by atoms with Gasteiger partial charge in [0.05, 0.1) is 6.20 Å². The predicted molar refractivity (Wildman–Crippen MR) is 73.6 cm³/mol. The molecule has 98 valence electrons. The van der Waals surface area contributed by atoms with E-state index < -0.39 is 5.97 Å². The third kappa shape index (κ3) is 2.05. The van der Waals surface area contributed by atoms with Crippen LogP contribution < -0.4 is 0 Å². The summed E-state index contributed by atoms with van der Waals surface area (Å²) in [6.45, 7) is 0. The van der Waals surface area contributed by atoms with Crippen molar-refractivity contribution in [1.29, 1.82) is 0 Å².